The number of rotatable bonds is 9. The second-order valence-corrected chi connectivity index (χ2v) is 8.23. The largest absolute Gasteiger partial charge is 0.387 e. The van der Waals surface area contributed by atoms with Crippen LogP contribution in [0.25, 0.3) is 0 Å². The monoisotopic (exact) mass is 462 g/mol. The molecule has 3 N–H and O–H groups in total. The summed E-state index contributed by atoms with van der Waals surface area (Å²) in [7, 11) is 0. The maximum atomic E-state index is 10.7. The fourth-order valence-electron chi connectivity index (χ4n) is 4.33. The Morgan fingerprint density at radius 3 is 1.65 bits per heavy atom. The number of ether oxygens (including phenoxy) is 3. The number of benzene rings is 3. The van der Waals surface area contributed by atoms with E-state index in [4.69, 9.17) is 14.2 Å². The van der Waals surface area contributed by atoms with E-state index in [1.807, 2.05) is 91.0 Å². The molecule has 0 spiro atoms. The van der Waals surface area contributed by atoms with Gasteiger partial charge in [-0.05, 0) is 16.7 Å². The lowest BCUT2D eigenvalue weighted by molar-refractivity contribution is -0.303. The Hall–Kier alpha value is -2.84. The van der Waals surface area contributed by atoms with Crippen LogP contribution in [0.3, 0.4) is 0 Å². The molecule has 0 unspecified atom stereocenters. The normalized spacial score (nSPS) is 25.1. The van der Waals surface area contributed by atoms with E-state index in [1.54, 1.807) is 0 Å². The van der Waals surface area contributed by atoms with Gasteiger partial charge in [-0.2, -0.15) is 0 Å². The second-order valence-electron chi connectivity index (χ2n) is 8.23. The quantitative estimate of drug-likeness (QED) is 0.335. The molecule has 0 bridgehead atoms. The third-order valence-electron chi connectivity index (χ3n) is 6.05. The van der Waals surface area contributed by atoms with Gasteiger partial charge in [0.15, 0.2) is 6.29 Å². The molecule has 34 heavy (non-hydrogen) atoms. The van der Waals surface area contributed by atoms with Gasteiger partial charge in [-0.15, -0.1) is 6.58 Å². The number of aliphatic hydroxyl groups excluding tert-OH is 3. The molecular formula is C28H30O6. The Labute approximate surface area is 199 Å². The predicted molar refractivity (Wildman–Crippen MR) is 128 cm³/mol. The molecule has 0 radical (unpaired) electrons. The Balaban J connectivity index is 1.73. The summed E-state index contributed by atoms with van der Waals surface area (Å²) in [6, 6.07) is 29.5. The molecule has 178 valence electrons. The summed E-state index contributed by atoms with van der Waals surface area (Å²) >= 11 is 0. The van der Waals surface area contributed by atoms with Crippen molar-refractivity contribution >= 4 is 0 Å². The Morgan fingerprint density at radius 1 is 0.735 bits per heavy atom. The third-order valence-corrected chi connectivity index (χ3v) is 6.05. The van der Waals surface area contributed by atoms with Crippen molar-refractivity contribution in [1.29, 1.82) is 0 Å². The number of aliphatic hydroxyl groups is 3. The molecule has 3 aromatic carbocycles. The van der Waals surface area contributed by atoms with Crippen molar-refractivity contribution < 1.29 is 29.5 Å². The van der Waals surface area contributed by atoms with Crippen molar-refractivity contribution in [2.24, 2.45) is 0 Å². The molecule has 1 aliphatic heterocycles. The van der Waals surface area contributed by atoms with E-state index in [0.29, 0.717) is 0 Å². The molecule has 0 aliphatic carbocycles. The molecule has 5 atom stereocenters. The summed E-state index contributed by atoms with van der Waals surface area (Å²) < 4.78 is 18.0. The zero-order valence-electron chi connectivity index (χ0n) is 18.8. The predicted octanol–water partition coefficient (Wildman–Crippen LogP) is 3.01. The van der Waals surface area contributed by atoms with Gasteiger partial charge in [-0.1, -0.05) is 97.1 Å². The van der Waals surface area contributed by atoms with E-state index < -0.39 is 36.3 Å². The highest BCUT2D eigenvalue weighted by atomic mass is 16.7. The zero-order chi connectivity index (χ0) is 24.0. The van der Waals surface area contributed by atoms with Gasteiger partial charge in [-0.3, -0.25) is 0 Å². The van der Waals surface area contributed by atoms with Crippen molar-refractivity contribution in [2.75, 3.05) is 13.2 Å². The standard InChI is InChI=1S/C28H30O6/c1-2-18-32-27-26(31)25(30)24(29)23(34-27)19-33-28(20-12-6-3-7-13-20,21-14-8-4-9-15-21)22-16-10-5-11-17-22/h2-17,23-27,29-31H,1,18-19H2/t23-,24-,25+,26+,27+/m1/s1. The van der Waals surface area contributed by atoms with E-state index in [-0.39, 0.29) is 13.2 Å². The van der Waals surface area contributed by atoms with Crippen LogP contribution in [0.5, 0.6) is 0 Å². The molecule has 0 aromatic heterocycles. The molecule has 1 heterocycles. The fraction of sp³-hybridized carbons (Fsp3) is 0.286. The smallest absolute Gasteiger partial charge is 0.187 e. The highest BCUT2D eigenvalue weighted by Crippen LogP contribution is 2.41. The summed E-state index contributed by atoms with van der Waals surface area (Å²) in [5.74, 6) is 0. The lowest BCUT2D eigenvalue weighted by Crippen LogP contribution is -2.59. The molecule has 1 saturated heterocycles. The van der Waals surface area contributed by atoms with E-state index in [0.717, 1.165) is 16.7 Å². The minimum Gasteiger partial charge on any atom is -0.387 e. The van der Waals surface area contributed by atoms with E-state index >= 15 is 0 Å². The minimum absolute atomic E-state index is 0.0718. The van der Waals surface area contributed by atoms with Crippen molar-refractivity contribution in [3.8, 4) is 0 Å². The first-order valence-electron chi connectivity index (χ1n) is 11.3. The molecule has 1 fully saturated rings. The van der Waals surface area contributed by atoms with Gasteiger partial charge in [0, 0.05) is 0 Å². The maximum Gasteiger partial charge on any atom is 0.187 e. The van der Waals surface area contributed by atoms with Crippen LogP contribution < -0.4 is 0 Å². The SMILES string of the molecule is C=CCO[C@H]1O[C@H](COC(c2ccccc2)(c2ccccc2)c2ccccc2)[C@@H](O)[C@H](O)[C@@H]1O. The van der Waals surface area contributed by atoms with Crippen molar-refractivity contribution in [1.82, 2.24) is 0 Å². The van der Waals surface area contributed by atoms with Crippen LogP contribution >= 0.6 is 0 Å². The van der Waals surface area contributed by atoms with Gasteiger partial charge in [-0.25, -0.2) is 0 Å². The number of hydrogen-bond acceptors (Lipinski definition) is 6. The molecule has 0 amide bonds. The van der Waals surface area contributed by atoms with Gasteiger partial charge in [0.2, 0.25) is 0 Å². The number of hydrogen-bond donors (Lipinski definition) is 3. The average molecular weight is 463 g/mol. The fourth-order valence-corrected chi connectivity index (χ4v) is 4.33. The van der Waals surface area contributed by atoms with Crippen LogP contribution in [-0.4, -0.2) is 59.2 Å². The molecule has 3 aromatic rings. The topological polar surface area (TPSA) is 88.4 Å². The van der Waals surface area contributed by atoms with Gasteiger partial charge in [0.1, 0.15) is 30.0 Å². The first-order chi connectivity index (χ1) is 16.6. The summed E-state index contributed by atoms with van der Waals surface area (Å²) in [5.41, 5.74) is 1.69. The van der Waals surface area contributed by atoms with E-state index in [2.05, 4.69) is 6.58 Å². The van der Waals surface area contributed by atoms with Gasteiger partial charge >= 0.3 is 0 Å². The minimum atomic E-state index is -1.45. The summed E-state index contributed by atoms with van der Waals surface area (Å²) in [4.78, 5) is 0. The lowest BCUT2D eigenvalue weighted by atomic mass is 9.80. The Kier molecular flexibility index (Phi) is 7.90. The van der Waals surface area contributed by atoms with Crippen molar-refractivity contribution in [3.63, 3.8) is 0 Å². The first kappa shape index (κ1) is 24.3. The van der Waals surface area contributed by atoms with Crippen LogP contribution in [0.15, 0.2) is 104 Å². The van der Waals surface area contributed by atoms with Crippen LogP contribution in [0.1, 0.15) is 16.7 Å². The lowest BCUT2D eigenvalue weighted by Gasteiger charge is -2.42. The third kappa shape index (κ3) is 4.83. The highest BCUT2D eigenvalue weighted by molar-refractivity contribution is 5.47. The van der Waals surface area contributed by atoms with Crippen LogP contribution in [0, 0.1) is 0 Å². The average Bonchev–Trinajstić information content (AvgIpc) is 2.90. The van der Waals surface area contributed by atoms with Crippen molar-refractivity contribution in [2.45, 2.75) is 36.3 Å². The first-order valence-corrected chi connectivity index (χ1v) is 11.3. The molecule has 1 aliphatic rings. The Bertz CT molecular complexity index is 930. The van der Waals surface area contributed by atoms with Crippen LogP contribution in [0.4, 0.5) is 0 Å². The van der Waals surface area contributed by atoms with Crippen LogP contribution in [-0.2, 0) is 19.8 Å². The van der Waals surface area contributed by atoms with Gasteiger partial charge < -0.3 is 29.5 Å². The zero-order valence-corrected chi connectivity index (χ0v) is 18.8. The van der Waals surface area contributed by atoms with Crippen molar-refractivity contribution in [3.05, 3.63) is 120 Å². The van der Waals surface area contributed by atoms with Gasteiger partial charge in [0.05, 0.1) is 13.2 Å². The Morgan fingerprint density at radius 2 is 1.21 bits per heavy atom. The highest BCUT2D eigenvalue weighted by Gasteiger charge is 2.46. The molecule has 0 saturated carbocycles. The molecule has 4 rings (SSSR count). The van der Waals surface area contributed by atoms with Gasteiger partial charge in [0.25, 0.3) is 0 Å². The molecular weight excluding hydrogens is 432 g/mol. The summed E-state index contributed by atoms with van der Waals surface area (Å²) in [5, 5.41) is 31.4. The molecule has 6 nitrogen and oxygen atoms in total. The molecule has 6 heteroatoms. The van der Waals surface area contributed by atoms with Crippen LogP contribution in [0.2, 0.25) is 0 Å². The van der Waals surface area contributed by atoms with E-state index in [1.165, 1.54) is 6.08 Å². The summed E-state index contributed by atoms with van der Waals surface area (Å²) in [6.07, 6.45) is -4.75. The summed E-state index contributed by atoms with van der Waals surface area (Å²) in [6.45, 7) is 3.65. The van der Waals surface area contributed by atoms with E-state index in [9.17, 15) is 15.3 Å². The second kappa shape index (κ2) is 11.1. The maximum absolute atomic E-state index is 10.7.